The van der Waals surface area contributed by atoms with E-state index in [4.69, 9.17) is 14.2 Å². The molecule has 4 heteroatoms. The number of morpholine rings is 1. The highest BCUT2D eigenvalue weighted by Crippen LogP contribution is 2.14. The SMILES string of the molecule is CCOC(CN1CCOC(C)C1C)OCC. The molecule has 2 atom stereocenters. The molecule has 1 aliphatic rings. The fourth-order valence-corrected chi connectivity index (χ4v) is 1.97. The number of hydrogen-bond acceptors (Lipinski definition) is 4. The van der Waals surface area contributed by atoms with Gasteiger partial charge >= 0.3 is 0 Å². The lowest BCUT2D eigenvalue weighted by molar-refractivity contribution is -0.163. The number of hydrogen-bond donors (Lipinski definition) is 0. The first-order chi connectivity index (χ1) is 7.69. The van der Waals surface area contributed by atoms with Crippen LogP contribution in [0.3, 0.4) is 0 Å². The second kappa shape index (κ2) is 7.22. The molecule has 96 valence electrons. The molecule has 4 nitrogen and oxygen atoms in total. The van der Waals surface area contributed by atoms with Crippen LogP contribution in [0, 0.1) is 0 Å². The molecule has 2 unspecified atom stereocenters. The summed E-state index contributed by atoms with van der Waals surface area (Å²) in [7, 11) is 0. The summed E-state index contributed by atoms with van der Waals surface area (Å²) in [6.07, 6.45) is 0.181. The van der Waals surface area contributed by atoms with E-state index in [9.17, 15) is 0 Å². The van der Waals surface area contributed by atoms with Gasteiger partial charge in [0.2, 0.25) is 0 Å². The van der Waals surface area contributed by atoms with Crippen LogP contribution in [-0.4, -0.2) is 56.2 Å². The zero-order valence-electron chi connectivity index (χ0n) is 10.9. The summed E-state index contributed by atoms with van der Waals surface area (Å²) in [5.74, 6) is 0. The number of ether oxygens (including phenoxy) is 3. The van der Waals surface area contributed by atoms with Crippen molar-refractivity contribution in [2.45, 2.75) is 46.1 Å². The molecule has 1 heterocycles. The predicted molar refractivity (Wildman–Crippen MR) is 63.5 cm³/mol. The summed E-state index contributed by atoms with van der Waals surface area (Å²) in [6.45, 7) is 12.3. The van der Waals surface area contributed by atoms with Crippen molar-refractivity contribution in [3.63, 3.8) is 0 Å². The summed E-state index contributed by atoms with van der Waals surface area (Å²) in [6, 6.07) is 0.428. The van der Waals surface area contributed by atoms with Crippen LogP contribution in [0.25, 0.3) is 0 Å². The van der Waals surface area contributed by atoms with Gasteiger partial charge in [-0.15, -0.1) is 0 Å². The van der Waals surface area contributed by atoms with Crippen molar-refractivity contribution in [3.8, 4) is 0 Å². The maximum absolute atomic E-state index is 5.60. The minimum absolute atomic E-state index is 0.109. The van der Waals surface area contributed by atoms with Crippen LogP contribution in [0.4, 0.5) is 0 Å². The third-order valence-corrected chi connectivity index (χ3v) is 3.10. The first-order valence-electron chi connectivity index (χ1n) is 6.27. The maximum atomic E-state index is 5.60. The summed E-state index contributed by atoms with van der Waals surface area (Å²) in [5.41, 5.74) is 0. The summed E-state index contributed by atoms with van der Waals surface area (Å²) < 4.78 is 16.7. The second-order valence-electron chi connectivity index (χ2n) is 4.15. The standard InChI is InChI=1S/C12H25NO3/c1-5-14-12(15-6-2)9-13-7-8-16-11(4)10(13)3/h10-12H,5-9H2,1-4H3. The zero-order chi connectivity index (χ0) is 12.0. The Morgan fingerprint density at radius 2 is 1.88 bits per heavy atom. The van der Waals surface area contributed by atoms with Gasteiger partial charge in [-0.05, 0) is 27.7 Å². The molecule has 1 saturated heterocycles. The average Bonchev–Trinajstić information content (AvgIpc) is 2.25. The third-order valence-electron chi connectivity index (χ3n) is 3.10. The summed E-state index contributed by atoms with van der Waals surface area (Å²) in [5, 5.41) is 0. The van der Waals surface area contributed by atoms with Crippen molar-refractivity contribution in [1.82, 2.24) is 4.90 Å². The quantitative estimate of drug-likeness (QED) is 0.648. The lowest BCUT2D eigenvalue weighted by Crippen LogP contribution is -2.51. The Labute approximate surface area is 98.8 Å². The highest BCUT2D eigenvalue weighted by molar-refractivity contribution is 4.78. The van der Waals surface area contributed by atoms with Crippen molar-refractivity contribution >= 4 is 0 Å². The molecule has 16 heavy (non-hydrogen) atoms. The van der Waals surface area contributed by atoms with Crippen molar-refractivity contribution < 1.29 is 14.2 Å². The maximum Gasteiger partial charge on any atom is 0.170 e. The summed E-state index contributed by atoms with van der Waals surface area (Å²) >= 11 is 0. The Hall–Kier alpha value is -0.160. The largest absolute Gasteiger partial charge is 0.376 e. The van der Waals surface area contributed by atoms with Gasteiger partial charge in [-0.25, -0.2) is 0 Å². The molecule has 0 amide bonds. The highest BCUT2D eigenvalue weighted by Gasteiger charge is 2.27. The molecular weight excluding hydrogens is 206 g/mol. The molecule has 0 aromatic rings. The fourth-order valence-electron chi connectivity index (χ4n) is 1.97. The zero-order valence-corrected chi connectivity index (χ0v) is 10.9. The van der Waals surface area contributed by atoms with Gasteiger partial charge in [-0.1, -0.05) is 0 Å². The molecule has 0 bridgehead atoms. The molecule has 0 saturated carbocycles. The van der Waals surface area contributed by atoms with Gasteiger partial charge in [-0.3, -0.25) is 4.90 Å². The monoisotopic (exact) mass is 231 g/mol. The molecule has 1 fully saturated rings. The van der Waals surface area contributed by atoms with Crippen molar-refractivity contribution in [2.75, 3.05) is 32.9 Å². The van der Waals surface area contributed by atoms with Gasteiger partial charge in [0.05, 0.1) is 12.7 Å². The Bertz CT molecular complexity index is 183. The number of rotatable bonds is 6. The fraction of sp³-hybridized carbons (Fsp3) is 1.00. The first kappa shape index (κ1) is 13.9. The van der Waals surface area contributed by atoms with Gasteiger partial charge in [-0.2, -0.15) is 0 Å². The van der Waals surface area contributed by atoms with Gasteiger partial charge in [0, 0.05) is 32.3 Å². The van der Waals surface area contributed by atoms with E-state index in [1.165, 1.54) is 0 Å². The topological polar surface area (TPSA) is 30.9 Å². The predicted octanol–water partition coefficient (Wildman–Crippen LogP) is 1.49. The molecule has 0 aliphatic carbocycles. The van der Waals surface area contributed by atoms with Gasteiger partial charge in [0.25, 0.3) is 0 Å². The van der Waals surface area contributed by atoms with E-state index < -0.39 is 0 Å². The molecule has 0 aromatic carbocycles. The normalized spacial score (nSPS) is 27.6. The van der Waals surface area contributed by atoms with Crippen molar-refractivity contribution in [1.29, 1.82) is 0 Å². The minimum atomic E-state index is -0.109. The van der Waals surface area contributed by atoms with Crippen molar-refractivity contribution in [2.24, 2.45) is 0 Å². The average molecular weight is 231 g/mol. The van der Waals surface area contributed by atoms with Crippen LogP contribution >= 0.6 is 0 Å². The Morgan fingerprint density at radius 1 is 1.25 bits per heavy atom. The molecule has 0 aromatic heterocycles. The molecule has 0 spiro atoms. The smallest absolute Gasteiger partial charge is 0.170 e. The van der Waals surface area contributed by atoms with Gasteiger partial charge < -0.3 is 14.2 Å². The van der Waals surface area contributed by atoms with Crippen molar-refractivity contribution in [3.05, 3.63) is 0 Å². The van der Waals surface area contributed by atoms with E-state index in [0.29, 0.717) is 19.3 Å². The van der Waals surface area contributed by atoms with Gasteiger partial charge in [0.15, 0.2) is 6.29 Å². The van der Waals surface area contributed by atoms with E-state index in [2.05, 4.69) is 18.7 Å². The molecule has 1 rings (SSSR count). The van der Waals surface area contributed by atoms with Crippen LogP contribution < -0.4 is 0 Å². The van der Waals surface area contributed by atoms with E-state index in [-0.39, 0.29) is 12.4 Å². The third kappa shape index (κ3) is 4.01. The lowest BCUT2D eigenvalue weighted by Gasteiger charge is -2.39. The van der Waals surface area contributed by atoms with Crippen LogP contribution in [0.1, 0.15) is 27.7 Å². The molecular formula is C12H25NO3. The minimum Gasteiger partial charge on any atom is -0.376 e. The Morgan fingerprint density at radius 3 is 2.44 bits per heavy atom. The van der Waals surface area contributed by atoms with Crippen LogP contribution in [0.15, 0.2) is 0 Å². The summed E-state index contributed by atoms with van der Waals surface area (Å²) in [4.78, 5) is 2.38. The second-order valence-corrected chi connectivity index (χ2v) is 4.15. The first-order valence-corrected chi connectivity index (χ1v) is 6.27. The van der Waals surface area contributed by atoms with Gasteiger partial charge in [0.1, 0.15) is 0 Å². The highest BCUT2D eigenvalue weighted by atomic mass is 16.7. The Kier molecular flexibility index (Phi) is 6.28. The van der Waals surface area contributed by atoms with Crippen LogP contribution in [0.2, 0.25) is 0 Å². The van der Waals surface area contributed by atoms with Crippen LogP contribution in [-0.2, 0) is 14.2 Å². The Balaban J connectivity index is 2.42. The number of nitrogens with zero attached hydrogens (tertiary/aromatic N) is 1. The lowest BCUT2D eigenvalue weighted by atomic mass is 10.1. The van der Waals surface area contributed by atoms with E-state index in [1.807, 2.05) is 13.8 Å². The molecule has 0 radical (unpaired) electrons. The van der Waals surface area contributed by atoms with E-state index >= 15 is 0 Å². The van der Waals surface area contributed by atoms with Crippen LogP contribution in [0.5, 0.6) is 0 Å². The molecule has 0 N–H and O–H groups in total. The van der Waals surface area contributed by atoms with E-state index in [1.54, 1.807) is 0 Å². The molecule has 1 aliphatic heterocycles. The van der Waals surface area contributed by atoms with E-state index in [0.717, 1.165) is 19.7 Å².